The van der Waals surface area contributed by atoms with E-state index in [2.05, 4.69) is 11.9 Å². The lowest BCUT2D eigenvalue weighted by molar-refractivity contribution is -0.111. The van der Waals surface area contributed by atoms with Gasteiger partial charge >= 0.3 is 0 Å². The van der Waals surface area contributed by atoms with Gasteiger partial charge in [0.05, 0.1) is 7.11 Å². The molecule has 0 fully saturated rings. The Balaban J connectivity index is 3.10. The number of nitrogens with one attached hydrogen (secondary N) is 1. The van der Waals surface area contributed by atoms with Crippen molar-refractivity contribution in [3.05, 3.63) is 35.9 Å². The minimum atomic E-state index is -0.217. The fourth-order valence-corrected chi connectivity index (χ4v) is 1.26. The van der Waals surface area contributed by atoms with Crippen molar-refractivity contribution in [3.8, 4) is 5.75 Å². The van der Waals surface area contributed by atoms with Crippen LogP contribution in [0.1, 0.15) is 11.1 Å². The first-order valence-electron chi connectivity index (χ1n) is 4.67. The smallest absolute Gasteiger partial charge is 0.247 e. The summed E-state index contributed by atoms with van der Waals surface area (Å²) >= 11 is 0. The molecule has 0 radical (unpaired) electrons. The van der Waals surface area contributed by atoms with Gasteiger partial charge in [-0.2, -0.15) is 0 Å². The SMILES string of the molecule is C=CC(=O)Nc1cc(OC)cc(C)c1C. The fraction of sp³-hybridized carbons (Fsp3) is 0.250. The molecule has 0 heterocycles. The maximum atomic E-state index is 11.2. The Labute approximate surface area is 89.8 Å². The van der Waals surface area contributed by atoms with Crippen molar-refractivity contribution in [1.29, 1.82) is 0 Å². The molecule has 0 aliphatic heterocycles. The van der Waals surface area contributed by atoms with E-state index in [-0.39, 0.29) is 5.91 Å². The van der Waals surface area contributed by atoms with Crippen molar-refractivity contribution < 1.29 is 9.53 Å². The molecule has 15 heavy (non-hydrogen) atoms. The number of anilines is 1. The van der Waals surface area contributed by atoms with Crippen LogP contribution in [0.15, 0.2) is 24.8 Å². The van der Waals surface area contributed by atoms with Crippen LogP contribution in [0.3, 0.4) is 0 Å². The maximum absolute atomic E-state index is 11.2. The Kier molecular flexibility index (Phi) is 3.50. The van der Waals surface area contributed by atoms with Gasteiger partial charge in [0.15, 0.2) is 0 Å². The van der Waals surface area contributed by atoms with Crippen LogP contribution < -0.4 is 10.1 Å². The van der Waals surface area contributed by atoms with Crippen LogP contribution in [0.2, 0.25) is 0 Å². The lowest BCUT2D eigenvalue weighted by Crippen LogP contribution is -2.09. The summed E-state index contributed by atoms with van der Waals surface area (Å²) in [6.07, 6.45) is 1.24. The second-order valence-electron chi connectivity index (χ2n) is 3.31. The third kappa shape index (κ3) is 2.59. The number of ether oxygens (including phenoxy) is 1. The van der Waals surface area contributed by atoms with Gasteiger partial charge in [-0.3, -0.25) is 4.79 Å². The Hall–Kier alpha value is -1.77. The van der Waals surface area contributed by atoms with Crippen molar-refractivity contribution in [3.63, 3.8) is 0 Å². The van der Waals surface area contributed by atoms with Crippen molar-refractivity contribution in [1.82, 2.24) is 0 Å². The molecule has 0 aliphatic carbocycles. The number of rotatable bonds is 3. The monoisotopic (exact) mass is 205 g/mol. The van der Waals surface area contributed by atoms with E-state index in [9.17, 15) is 4.79 Å². The van der Waals surface area contributed by atoms with Crippen molar-refractivity contribution >= 4 is 11.6 Å². The van der Waals surface area contributed by atoms with Crippen molar-refractivity contribution in [2.24, 2.45) is 0 Å². The van der Waals surface area contributed by atoms with Crippen LogP contribution in [0.25, 0.3) is 0 Å². The molecule has 1 rings (SSSR count). The molecule has 0 aliphatic rings. The van der Waals surface area contributed by atoms with E-state index in [0.29, 0.717) is 0 Å². The third-order valence-electron chi connectivity index (χ3n) is 2.32. The minimum Gasteiger partial charge on any atom is -0.497 e. The molecule has 3 nitrogen and oxygen atoms in total. The highest BCUT2D eigenvalue weighted by Gasteiger charge is 2.06. The van der Waals surface area contributed by atoms with Crippen LogP contribution >= 0.6 is 0 Å². The molecule has 1 aromatic rings. The summed E-state index contributed by atoms with van der Waals surface area (Å²) in [4.78, 5) is 11.2. The highest BCUT2D eigenvalue weighted by molar-refractivity contribution is 5.99. The highest BCUT2D eigenvalue weighted by atomic mass is 16.5. The number of carbonyl (C=O) groups excluding carboxylic acids is 1. The van der Waals surface area contributed by atoms with E-state index in [1.165, 1.54) is 6.08 Å². The number of benzene rings is 1. The van der Waals surface area contributed by atoms with E-state index in [4.69, 9.17) is 4.74 Å². The summed E-state index contributed by atoms with van der Waals surface area (Å²) in [6, 6.07) is 3.72. The molecule has 0 bridgehead atoms. The molecule has 3 heteroatoms. The lowest BCUT2D eigenvalue weighted by Gasteiger charge is -2.11. The molecule has 1 N–H and O–H groups in total. The van der Waals surface area contributed by atoms with Gasteiger partial charge < -0.3 is 10.1 Å². The molecule has 80 valence electrons. The lowest BCUT2D eigenvalue weighted by atomic mass is 10.1. The van der Waals surface area contributed by atoms with Crippen LogP contribution in [-0.4, -0.2) is 13.0 Å². The number of carbonyl (C=O) groups is 1. The number of hydrogen-bond acceptors (Lipinski definition) is 2. The van der Waals surface area contributed by atoms with Gasteiger partial charge in [-0.05, 0) is 37.1 Å². The van der Waals surface area contributed by atoms with Gasteiger partial charge in [0.2, 0.25) is 5.91 Å². The summed E-state index contributed by atoms with van der Waals surface area (Å²) in [5, 5.41) is 2.74. The summed E-state index contributed by atoms with van der Waals surface area (Å²) in [6.45, 7) is 7.33. The van der Waals surface area contributed by atoms with E-state index in [1.54, 1.807) is 13.2 Å². The normalized spacial score (nSPS) is 9.53. The van der Waals surface area contributed by atoms with Gasteiger partial charge in [-0.1, -0.05) is 6.58 Å². The summed E-state index contributed by atoms with van der Waals surface area (Å²) in [5.74, 6) is 0.517. The number of methoxy groups -OCH3 is 1. The molecule has 0 saturated carbocycles. The second kappa shape index (κ2) is 4.64. The predicted molar refractivity (Wildman–Crippen MR) is 61.3 cm³/mol. The number of hydrogen-bond donors (Lipinski definition) is 1. The van der Waals surface area contributed by atoms with Gasteiger partial charge in [-0.15, -0.1) is 0 Å². The van der Waals surface area contributed by atoms with E-state index in [0.717, 1.165) is 22.6 Å². The molecule has 1 aromatic carbocycles. The van der Waals surface area contributed by atoms with Crippen LogP contribution in [0, 0.1) is 13.8 Å². The Morgan fingerprint density at radius 1 is 1.47 bits per heavy atom. The number of amides is 1. The molecule has 0 aromatic heterocycles. The quantitative estimate of drug-likeness (QED) is 0.770. The number of aryl methyl sites for hydroxylation is 1. The minimum absolute atomic E-state index is 0.217. The second-order valence-corrected chi connectivity index (χ2v) is 3.31. The molecule has 1 amide bonds. The molecule has 0 saturated heterocycles. The van der Waals surface area contributed by atoms with Gasteiger partial charge in [0, 0.05) is 11.8 Å². The molecule has 0 atom stereocenters. The Bertz CT molecular complexity index is 397. The van der Waals surface area contributed by atoms with E-state index >= 15 is 0 Å². The average molecular weight is 205 g/mol. The predicted octanol–water partition coefficient (Wildman–Crippen LogP) is 2.44. The first-order chi connectivity index (χ1) is 7.08. The first kappa shape index (κ1) is 11.3. The van der Waals surface area contributed by atoms with Crippen molar-refractivity contribution in [2.45, 2.75) is 13.8 Å². The van der Waals surface area contributed by atoms with Crippen molar-refractivity contribution in [2.75, 3.05) is 12.4 Å². The topological polar surface area (TPSA) is 38.3 Å². The largest absolute Gasteiger partial charge is 0.497 e. The zero-order valence-electron chi connectivity index (χ0n) is 9.26. The highest BCUT2D eigenvalue weighted by Crippen LogP contribution is 2.25. The van der Waals surface area contributed by atoms with Crippen LogP contribution in [-0.2, 0) is 4.79 Å². The van der Waals surface area contributed by atoms with Crippen LogP contribution in [0.5, 0.6) is 5.75 Å². The van der Waals surface area contributed by atoms with Crippen LogP contribution in [0.4, 0.5) is 5.69 Å². The average Bonchev–Trinajstić information content (AvgIpc) is 2.24. The Morgan fingerprint density at radius 2 is 2.13 bits per heavy atom. The molecule has 0 unspecified atom stereocenters. The van der Waals surface area contributed by atoms with E-state index in [1.807, 2.05) is 19.9 Å². The molecular weight excluding hydrogens is 190 g/mol. The summed E-state index contributed by atoms with van der Waals surface area (Å²) < 4.78 is 5.13. The fourth-order valence-electron chi connectivity index (χ4n) is 1.26. The van der Waals surface area contributed by atoms with Gasteiger partial charge in [0.1, 0.15) is 5.75 Å². The standard InChI is InChI=1S/C12H15NO2/c1-5-12(14)13-11-7-10(15-4)6-8(2)9(11)3/h5-7H,1H2,2-4H3,(H,13,14). The summed E-state index contributed by atoms with van der Waals surface area (Å²) in [7, 11) is 1.60. The van der Waals surface area contributed by atoms with Gasteiger partial charge in [0.25, 0.3) is 0 Å². The Morgan fingerprint density at radius 3 is 2.67 bits per heavy atom. The molecule has 0 spiro atoms. The maximum Gasteiger partial charge on any atom is 0.247 e. The van der Waals surface area contributed by atoms with E-state index < -0.39 is 0 Å². The molecular formula is C12H15NO2. The zero-order chi connectivity index (χ0) is 11.4. The zero-order valence-corrected chi connectivity index (χ0v) is 9.26. The van der Waals surface area contributed by atoms with Gasteiger partial charge in [-0.25, -0.2) is 0 Å². The summed E-state index contributed by atoms with van der Waals surface area (Å²) in [5.41, 5.74) is 2.87. The third-order valence-corrected chi connectivity index (χ3v) is 2.32. The first-order valence-corrected chi connectivity index (χ1v) is 4.67.